The summed E-state index contributed by atoms with van der Waals surface area (Å²) >= 11 is 1.42. The molecule has 0 radical (unpaired) electrons. The van der Waals surface area contributed by atoms with Crippen molar-refractivity contribution < 1.29 is 4.52 Å². The number of hydrogen-bond donors (Lipinski definition) is 1. The molecule has 0 amide bonds. The molecule has 0 aromatic carbocycles. The molecule has 0 bridgehead atoms. The molecule has 0 unspecified atom stereocenters. The Morgan fingerprint density at radius 1 is 1.40 bits per heavy atom. The maximum atomic E-state index is 5.63. The summed E-state index contributed by atoms with van der Waals surface area (Å²) in [7, 11) is 0. The lowest BCUT2D eigenvalue weighted by Gasteiger charge is -1.99. The Morgan fingerprint density at radius 2 is 2.20 bits per heavy atom. The normalized spacial score (nSPS) is 10.5. The molecule has 2 N–H and O–H groups in total. The number of anilines is 1. The molecule has 2 aromatic heterocycles. The smallest absolute Gasteiger partial charge is 0.237 e. The van der Waals surface area contributed by atoms with Gasteiger partial charge in [0.2, 0.25) is 5.89 Å². The number of nitrogens with two attached hydrogens (primary N) is 1. The second kappa shape index (κ2) is 4.26. The Kier molecular flexibility index (Phi) is 2.82. The van der Waals surface area contributed by atoms with E-state index in [9.17, 15) is 0 Å². The average molecular weight is 223 g/mol. The summed E-state index contributed by atoms with van der Waals surface area (Å²) in [4.78, 5) is 12.1. The minimum Gasteiger partial charge on any atom is -0.381 e. The van der Waals surface area contributed by atoms with Gasteiger partial charge in [-0.05, 0) is 6.92 Å². The highest BCUT2D eigenvalue weighted by Crippen LogP contribution is 2.23. The maximum absolute atomic E-state index is 5.63. The third kappa shape index (κ3) is 2.44. The second-order valence-electron chi connectivity index (χ2n) is 2.77. The number of nitrogen functional groups attached to an aromatic ring is 1. The Morgan fingerprint density at radius 3 is 2.87 bits per heavy atom. The molecule has 0 aliphatic heterocycles. The van der Waals surface area contributed by atoms with Gasteiger partial charge in [-0.15, -0.1) is 0 Å². The van der Waals surface area contributed by atoms with Crippen LogP contribution in [0, 0.1) is 6.92 Å². The highest BCUT2D eigenvalue weighted by Gasteiger charge is 2.06. The largest absolute Gasteiger partial charge is 0.381 e. The number of aromatic nitrogens is 4. The Labute approximate surface area is 90.3 Å². The van der Waals surface area contributed by atoms with Crippen LogP contribution < -0.4 is 5.73 Å². The molecule has 0 aliphatic rings. The van der Waals surface area contributed by atoms with E-state index in [1.807, 2.05) is 0 Å². The lowest BCUT2D eigenvalue weighted by atomic mass is 10.7. The molecule has 0 spiro atoms. The van der Waals surface area contributed by atoms with Crippen molar-refractivity contribution in [3.8, 4) is 0 Å². The van der Waals surface area contributed by atoms with Crippen LogP contribution in [-0.2, 0) is 5.75 Å². The summed E-state index contributed by atoms with van der Waals surface area (Å²) in [5.74, 6) is 2.14. The van der Waals surface area contributed by atoms with Crippen molar-refractivity contribution >= 4 is 17.6 Å². The van der Waals surface area contributed by atoms with Crippen molar-refractivity contribution in [2.75, 3.05) is 5.73 Å². The quantitative estimate of drug-likeness (QED) is 0.777. The van der Waals surface area contributed by atoms with Crippen molar-refractivity contribution in [2.24, 2.45) is 0 Å². The van der Waals surface area contributed by atoms with E-state index in [-0.39, 0.29) is 0 Å². The summed E-state index contributed by atoms with van der Waals surface area (Å²) in [6, 6.07) is 0. The SMILES string of the molecule is Cc1noc(CSc2nccnc2N)n1. The van der Waals surface area contributed by atoms with E-state index in [0.717, 1.165) is 0 Å². The van der Waals surface area contributed by atoms with Crippen LogP contribution >= 0.6 is 11.8 Å². The lowest BCUT2D eigenvalue weighted by molar-refractivity contribution is 0.387. The molecule has 0 atom stereocenters. The van der Waals surface area contributed by atoms with Crippen molar-refractivity contribution in [3.05, 3.63) is 24.1 Å². The number of nitrogens with zero attached hydrogens (tertiary/aromatic N) is 4. The molecule has 78 valence electrons. The highest BCUT2D eigenvalue weighted by atomic mass is 32.2. The molecule has 0 saturated carbocycles. The van der Waals surface area contributed by atoms with Crippen molar-refractivity contribution in [1.82, 2.24) is 20.1 Å². The van der Waals surface area contributed by atoms with Crippen molar-refractivity contribution in [3.63, 3.8) is 0 Å². The fourth-order valence-electron chi connectivity index (χ4n) is 0.976. The molecule has 2 rings (SSSR count). The molecule has 15 heavy (non-hydrogen) atoms. The Hall–Kier alpha value is -1.63. The van der Waals surface area contributed by atoms with E-state index in [0.29, 0.717) is 28.3 Å². The second-order valence-corrected chi connectivity index (χ2v) is 3.73. The number of aryl methyl sites for hydroxylation is 1. The van der Waals surface area contributed by atoms with E-state index in [1.54, 1.807) is 19.3 Å². The first-order valence-electron chi connectivity index (χ1n) is 4.24. The first-order valence-corrected chi connectivity index (χ1v) is 5.23. The monoisotopic (exact) mass is 223 g/mol. The minimum atomic E-state index is 0.415. The zero-order valence-corrected chi connectivity index (χ0v) is 8.86. The van der Waals surface area contributed by atoms with Crippen LogP contribution in [0.15, 0.2) is 21.9 Å². The van der Waals surface area contributed by atoms with E-state index in [2.05, 4.69) is 20.1 Å². The van der Waals surface area contributed by atoms with Gasteiger partial charge in [-0.3, -0.25) is 0 Å². The van der Waals surface area contributed by atoms with Crippen LogP contribution in [0.5, 0.6) is 0 Å². The van der Waals surface area contributed by atoms with Crippen LogP contribution in [0.2, 0.25) is 0 Å². The van der Waals surface area contributed by atoms with Gasteiger partial charge in [0, 0.05) is 12.4 Å². The standard InChI is InChI=1S/C8H9N5OS/c1-5-12-6(14-13-5)4-15-8-7(9)10-2-3-11-8/h2-3H,4H2,1H3,(H2,9,10). The molecular weight excluding hydrogens is 214 g/mol. The molecule has 2 heterocycles. The third-order valence-corrected chi connectivity index (χ3v) is 2.57. The summed E-state index contributed by atoms with van der Waals surface area (Å²) in [6.07, 6.45) is 3.15. The summed E-state index contributed by atoms with van der Waals surface area (Å²) in [5, 5.41) is 4.36. The van der Waals surface area contributed by atoms with E-state index < -0.39 is 0 Å². The fraction of sp³-hybridized carbons (Fsp3) is 0.250. The van der Waals surface area contributed by atoms with Crippen LogP contribution in [0.3, 0.4) is 0 Å². The third-order valence-electron chi connectivity index (χ3n) is 1.59. The minimum absolute atomic E-state index is 0.415. The predicted molar refractivity (Wildman–Crippen MR) is 55.0 cm³/mol. The van der Waals surface area contributed by atoms with Gasteiger partial charge in [-0.2, -0.15) is 4.98 Å². The first-order chi connectivity index (χ1) is 7.25. The first kappa shape index (κ1) is 9.91. The van der Waals surface area contributed by atoms with Gasteiger partial charge >= 0.3 is 0 Å². The van der Waals surface area contributed by atoms with Gasteiger partial charge < -0.3 is 10.3 Å². The van der Waals surface area contributed by atoms with Gasteiger partial charge in [0.05, 0.1) is 5.75 Å². The fourth-order valence-corrected chi connectivity index (χ4v) is 1.69. The lowest BCUT2D eigenvalue weighted by Crippen LogP contribution is -1.95. The van der Waals surface area contributed by atoms with Gasteiger partial charge in [-0.1, -0.05) is 16.9 Å². The summed E-state index contributed by atoms with van der Waals surface area (Å²) in [6.45, 7) is 1.77. The maximum Gasteiger partial charge on any atom is 0.237 e. The molecule has 0 saturated heterocycles. The molecular formula is C8H9N5OS. The zero-order valence-electron chi connectivity index (χ0n) is 8.04. The highest BCUT2D eigenvalue weighted by molar-refractivity contribution is 7.98. The molecule has 6 nitrogen and oxygen atoms in total. The number of rotatable bonds is 3. The van der Waals surface area contributed by atoms with E-state index >= 15 is 0 Å². The predicted octanol–water partition coefficient (Wildman–Crippen LogP) is 1.04. The Balaban J connectivity index is 2.02. The summed E-state index contributed by atoms with van der Waals surface area (Å²) < 4.78 is 4.95. The van der Waals surface area contributed by atoms with Gasteiger partial charge in [0.15, 0.2) is 11.6 Å². The van der Waals surface area contributed by atoms with Crippen molar-refractivity contribution in [1.29, 1.82) is 0 Å². The molecule has 2 aromatic rings. The van der Waals surface area contributed by atoms with Gasteiger partial charge in [-0.25, -0.2) is 9.97 Å². The van der Waals surface area contributed by atoms with Gasteiger partial charge in [0.25, 0.3) is 0 Å². The topological polar surface area (TPSA) is 90.7 Å². The zero-order chi connectivity index (χ0) is 10.7. The van der Waals surface area contributed by atoms with Crippen molar-refractivity contribution in [2.45, 2.75) is 17.7 Å². The van der Waals surface area contributed by atoms with Crippen LogP contribution in [0.4, 0.5) is 5.82 Å². The Bertz CT molecular complexity index is 458. The number of thioether (sulfide) groups is 1. The van der Waals surface area contributed by atoms with Crippen LogP contribution in [-0.4, -0.2) is 20.1 Å². The average Bonchev–Trinajstić information content (AvgIpc) is 2.63. The van der Waals surface area contributed by atoms with E-state index in [4.69, 9.17) is 10.3 Å². The molecule has 7 heteroatoms. The van der Waals surface area contributed by atoms with E-state index in [1.165, 1.54) is 11.8 Å². The molecule has 0 aliphatic carbocycles. The van der Waals surface area contributed by atoms with Crippen LogP contribution in [0.1, 0.15) is 11.7 Å². The molecule has 0 fully saturated rings. The van der Waals surface area contributed by atoms with Gasteiger partial charge in [0.1, 0.15) is 5.03 Å². The number of hydrogen-bond acceptors (Lipinski definition) is 7. The summed E-state index contributed by atoms with van der Waals surface area (Å²) in [5.41, 5.74) is 5.63. The van der Waals surface area contributed by atoms with Crippen LogP contribution in [0.25, 0.3) is 0 Å².